The summed E-state index contributed by atoms with van der Waals surface area (Å²) in [5.74, 6) is -3.94. The van der Waals surface area contributed by atoms with Crippen molar-refractivity contribution in [3.8, 4) is 0 Å². The third-order valence-corrected chi connectivity index (χ3v) is 11.2. The molecule has 0 aliphatic carbocycles. The Morgan fingerprint density at radius 1 is 0.391 bits per heavy atom. The van der Waals surface area contributed by atoms with Crippen LogP contribution in [0.3, 0.4) is 0 Å². The number of carboxylic acids is 2. The number of hydrogen-bond acceptors (Lipinski definition) is 8. The van der Waals surface area contributed by atoms with Crippen molar-refractivity contribution in [2.75, 3.05) is 13.2 Å². The van der Waals surface area contributed by atoms with Crippen LogP contribution in [-0.4, -0.2) is 61.0 Å². The zero-order chi connectivity index (χ0) is 50.6. The average molecular weight is 1060 g/mol. The Hall–Kier alpha value is -3.40. The van der Waals surface area contributed by atoms with Crippen molar-refractivity contribution in [1.82, 2.24) is 0 Å². The fraction of sp³-hybridized carbons (Fsp3) is 0.633. The Morgan fingerprint density at radius 2 is 0.638 bits per heavy atom. The van der Waals surface area contributed by atoms with Gasteiger partial charge in [-0.2, -0.15) is 0 Å². The number of benzene rings is 2. The molecule has 0 spiro atoms. The number of rotatable bonds is 38. The molecule has 0 heterocycles. The molecule has 4 radical (unpaired) electrons. The van der Waals surface area contributed by atoms with Gasteiger partial charge >= 0.3 is 35.8 Å². The van der Waals surface area contributed by atoms with Gasteiger partial charge in [-0.25, -0.2) is 9.59 Å². The van der Waals surface area contributed by atoms with Crippen molar-refractivity contribution >= 4 is 47.8 Å². The van der Waals surface area contributed by atoms with Gasteiger partial charge in [0.2, 0.25) is 0 Å². The predicted octanol–water partition coefficient (Wildman–Crippen LogP) is 15.3. The molecule has 2 aromatic rings. The van der Waals surface area contributed by atoms with E-state index in [9.17, 15) is 29.4 Å². The molecule has 0 atom stereocenters. The molecular formula is C60H96O8Sn. The Kier molecular flexibility index (Phi) is 56.2. The molecule has 2 rings (SSSR count). The number of carbonyl (C=O) groups excluding carboxylic acids is 4. The van der Waals surface area contributed by atoms with E-state index in [-0.39, 0.29) is 46.2 Å². The second-order valence-electron chi connectivity index (χ2n) is 17.5. The van der Waals surface area contributed by atoms with Crippen LogP contribution in [0.5, 0.6) is 0 Å². The minimum absolute atomic E-state index is 0. The number of ether oxygens (including phenoxy) is 2. The van der Waals surface area contributed by atoms with Gasteiger partial charge in [-0.1, -0.05) is 231 Å². The van der Waals surface area contributed by atoms with Crippen molar-refractivity contribution in [2.24, 2.45) is 0 Å². The van der Waals surface area contributed by atoms with Gasteiger partial charge in [-0.3, -0.25) is 0 Å². The van der Waals surface area contributed by atoms with E-state index < -0.39 is 23.9 Å². The summed E-state index contributed by atoms with van der Waals surface area (Å²) in [6.45, 7) is 17.1. The molecule has 0 amide bonds. The SMILES string of the molecule is CCCCCCC/C=C/CCCCCOC(=O)c1ccccc1C(=O)[O-].CCCCCCC/C=C/CCCCCOC(=O)c1ccccc1C(=O)[O-].[CH2]CCCCCCC.[CH2]CCCCCCC.[Sn+2]. The first kappa shape index (κ1) is 69.9. The third-order valence-electron chi connectivity index (χ3n) is 11.2. The van der Waals surface area contributed by atoms with Crippen LogP contribution in [0.2, 0.25) is 0 Å². The largest absolute Gasteiger partial charge is 2.00 e. The Morgan fingerprint density at radius 3 is 0.899 bits per heavy atom. The van der Waals surface area contributed by atoms with E-state index in [1.807, 2.05) is 0 Å². The van der Waals surface area contributed by atoms with Crippen molar-refractivity contribution in [2.45, 2.75) is 233 Å². The fourth-order valence-corrected chi connectivity index (χ4v) is 7.01. The van der Waals surface area contributed by atoms with E-state index in [1.54, 1.807) is 24.3 Å². The molecule has 388 valence electrons. The van der Waals surface area contributed by atoms with Gasteiger partial charge in [-0.05, 0) is 89.2 Å². The molecule has 0 N–H and O–H groups in total. The van der Waals surface area contributed by atoms with Crippen molar-refractivity contribution in [3.05, 3.63) is 109 Å². The van der Waals surface area contributed by atoms with Crippen LogP contribution < -0.4 is 10.2 Å². The molecule has 0 aromatic heterocycles. The minimum Gasteiger partial charge on any atom is -0.545 e. The standard InChI is InChI=1S/2C22H32O4.2C8H17.Sn/c2*1-2-3-4-5-6-7-8-9-10-11-12-15-18-26-22(25)20-17-14-13-16-19(20)21(23)24;2*1-3-5-7-8-6-4-2;/h2*8-9,13-14,16-17H,2-7,10-12,15,18H2,1H3,(H,23,24);2*1,3-8H2,2H3;/q;;;;+2/p-2/b2*9-8+;;;. The maximum Gasteiger partial charge on any atom is 2.00 e. The van der Waals surface area contributed by atoms with Crippen LogP contribution in [-0.2, 0) is 9.47 Å². The molecule has 0 saturated carbocycles. The molecule has 69 heavy (non-hydrogen) atoms. The summed E-state index contributed by atoms with van der Waals surface area (Å²) >= 11 is 0. The zero-order valence-corrected chi connectivity index (χ0v) is 47.0. The Balaban J connectivity index is -0.000000950. The van der Waals surface area contributed by atoms with Crippen LogP contribution in [0.25, 0.3) is 0 Å². The summed E-state index contributed by atoms with van der Waals surface area (Å²) in [7, 11) is 0. The molecule has 0 bridgehead atoms. The number of carbonyl (C=O) groups is 4. The van der Waals surface area contributed by atoms with Gasteiger partial charge in [0.15, 0.2) is 0 Å². The van der Waals surface area contributed by atoms with Crippen LogP contribution in [0.15, 0.2) is 72.8 Å². The maximum atomic E-state index is 11.9. The Labute approximate surface area is 439 Å². The smallest absolute Gasteiger partial charge is 0.545 e. The second kappa shape index (κ2) is 55.5. The summed E-state index contributed by atoms with van der Waals surface area (Å²) in [5, 5.41) is 22.0. The average Bonchev–Trinajstić information content (AvgIpc) is 3.35. The molecule has 8 nitrogen and oxygen atoms in total. The maximum absolute atomic E-state index is 11.9. The van der Waals surface area contributed by atoms with E-state index >= 15 is 0 Å². The summed E-state index contributed by atoms with van der Waals surface area (Å²) < 4.78 is 10.3. The Bertz CT molecular complexity index is 1410. The predicted molar refractivity (Wildman–Crippen MR) is 287 cm³/mol. The van der Waals surface area contributed by atoms with Gasteiger partial charge in [0.05, 0.1) is 36.3 Å². The van der Waals surface area contributed by atoms with Crippen LogP contribution in [0.1, 0.15) is 275 Å². The number of hydrogen-bond donors (Lipinski definition) is 0. The van der Waals surface area contributed by atoms with Crippen molar-refractivity contribution < 1.29 is 38.9 Å². The van der Waals surface area contributed by atoms with Crippen LogP contribution in [0, 0.1) is 13.8 Å². The van der Waals surface area contributed by atoms with E-state index in [4.69, 9.17) is 9.47 Å². The summed E-state index contributed by atoms with van der Waals surface area (Å²) in [5.41, 5.74) is -0.154. The van der Waals surface area contributed by atoms with Crippen molar-refractivity contribution in [3.63, 3.8) is 0 Å². The summed E-state index contributed by atoms with van der Waals surface area (Å²) in [4.78, 5) is 45.9. The van der Waals surface area contributed by atoms with Crippen LogP contribution in [0.4, 0.5) is 0 Å². The summed E-state index contributed by atoms with van der Waals surface area (Å²) in [6, 6.07) is 11.9. The van der Waals surface area contributed by atoms with Gasteiger partial charge < -0.3 is 29.3 Å². The molecule has 9 heteroatoms. The summed E-state index contributed by atoms with van der Waals surface area (Å²) in [6.07, 6.45) is 48.2. The molecule has 0 aliphatic heterocycles. The number of unbranched alkanes of at least 4 members (excludes halogenated alkanes) is 26. The third kappa shape index (κ3) is 45.5. The number of carboxylic acid groups (broad SMARTS) is 2. The van der Waals surface area contributed by atoms with E-state index in [1.165, 1.54) is 166 Å². The number of allylic oxidation sites excluding steroid dienone is 4. The molecule has 2 aromatic carbocycles. The molecule has 0 aliphatic rings. The van der Waals surface area contributed by atoms with Crippen LogP contribution >= 0.6 is 0 Å². The first-order chi connectivity index (χ1) is 33.2. The number of esters is 2. The van der Waals surface area contributed by atoms with E-state index in [2.05, 4.69) is 65.8 Å². The molecular weight excluding hydrogens is 967 g/mol. The molecule has 0 unspecified atom stereocenters. The van der Waals surface area contributed by atoms with Gasteiger partial charge in [-0.15, -0.1) is 0 Å². The van der Waals surface area contributed by atoms with Gasteiger partial charge in [0.25, 0.3) is 0 Å². The normalized spacial score (nSPS) is 10.5. The van der Waals surface area contributed by atoms with Gasteiger partial charge in [0.1, 0.15) is 0 Å². The first-order valence-corrected chi connectivity index (χ1v) is 27.0. The topological polar surface area (TPSA) is 133 Å². The van der Waals surface area contributed by atoms with Crippen molar-refractivity contribution in [1.29, 1.82) is 0 Å². The zero-order valence-electron chi connectivity index (χ0n) is 44.2. The fourth-order valence-electron chi connectivity index (χ4n) is 7.01. The first-order valence-electron chi connectivity index (χ1n) is 27.0. The minimum atomic E-state index is -1.37. The quantitative estimate of drug-likeness (QED) is 0.0281. The van der Waals surface area contributed by atoms with Gasteiger partial charge in [0, 0.05) is 11.1 Å². The monoisotopic (exact) mass is 1060 g/mol. The van der Waals surface area contributed by atoms with E-state index in [0.29, 0.717) is 13.2 Å². The van der Waals surface area contributed by atoms with E-state index in [0.717, 1.165) is 64.2 Å². The molecule has 0 saturated heterocycles. The number of aromatic carboxylic acids is 2. The molecule has 0 fully saturated rings. The second-order valence-corrected chi connectivity index (χ2v) is 17.5.